The second-order valence-electron chi connectivity index (χ2n) is 4.14. The maximum absolute atomic E-state index is 9.44. The Morgan fingerprint density at radius 3 is 1.35 bits per heavy atom. The fraction of sp³-hybridized carbons (Fsp3) is 0.500. The molecule has 1 aromatic heterocycles. The average Bonchev–Trinajstić information content (AvgIpc) is 3.05. The molecule has 0 atom stereocenters. The first-order valence-corrected chi connectivity index (χ1v) is 7.58. The number of ketones is 2. The van der Waals surface area contributed by atoms with Crippen LogP contribution in [0, 0.1) is 25.7 Å². The summed E-state index contributed by atoms with van der Waals surface area (Å²) in [6.07, 6.45) is 3.18. The molecule has 0 saturated carbocycles. The molecule has 1 aromatic rings. The number of nitrogen functional groups attached to an aromatic ring is 1. The van der Waals surface area contributed by atoms with Crippen LogP contribution in [0.3, 0.4) is 0 Å². The first-order chi connectivity index (χ1) is 12.0. The van der Waals surface area contributed by atoms with E-state index in [0.717, 1.165) is 0 Å². The summed E-state index contributed by atoms with van der Waals surface area (Å²) in [5, 5.41) is 17.2. The van der Waals surface area contributed by atoms with Crippen LogP contribution >= 0.6 is 0 Å². The number of rotatable bonds is 1. The van der Waals surface area contributed by atoms with Gasteiger partial charge in [-0.05, 0) is 47.7 Å². The smallest absolute Gasteiger partial charge is 0.213 e. The van der Waals surface area contributed by atoms with E-state index >= 15 is 0 Å². The number of nitrogens with one attached hydrogen (secondary N) is 3. The topological polar surface area (TPSA) is 185 Å². The molecule has 10 nitrogen and oxygen atoms in total. The number of ether oxygens (including phenoxy) is 1. The molecule has 0 spiro atoms. The van der Waals surface area contributed by atoms with Crippen LogP contribution in [-0.4, -0.2) is 53.9 Å². The molecule has 31 heavy (non-hydrogen) atoms. The van der Waals surface area contributed by atoms with E-state index in [-0.39, 0.29) is 96.5 Å². The number of carbonyl (C=O) groups excluding carboxylic acids is 2. The van der Waals surface area contributed by atoms with Gasteiger partial charge in [0.15, 0.2) is 5.90 Å². The fourth-order valence-corrected chi connectivity index (χ4v) is 0.628. The minimum absolute atomic E-state index is 0. The summed E-state index contributed by atoms with van der Waals surface area (Å²) in [6.45, 7) is 10.2. The molecule has 7 N–H and O–H groups in total. The molecule has 0 saturated heterocycles. The summed E-state index contributed by atoms with van der Waals surface area (Å²) in [6, 6.07) is 1.71. The molecule has 0 unspecified atom stereocenters. The summed E-state index contributed by atoms with van der Waals surface area (Å²) in [4.78, 5) is 18.9. The standard InChI is InChI=1S/C4H6N4.C4H9NO.2C3H6O.CH5N.CH4N.2CH3.2V.W/c5-4(6)8-3-1-2-7-8;1-3-6-4(2)5;2*1-3(2)4;2*1-2;;;;;/h1-3H,(H3,5,6);5H,3H2,1-2H3;2*1-2H3;2H2,1H3;2H,1H3;2*1H3;;;/q;;;;;3*-1;;;. The maximum atomic E-state index is 9.44. The normalized spacial score (nSPS) is 5.87. The van der Waals surface area contributed by atoms with E-state index in [1.165, 1.54) is 46.5 Å². The van der Waals surface area contributed by atoms with E-state index in [1.54, 1.807) is 25.4 Å². The van der Waals surface area contributed by atoms with Crippen LogP contribution in [0.5, 0.6) is 0 Å². The number of nitrogens with two attached hydrogens (primary N) is 2. The van der Waals surface area contributed by atoms with Crippen molar-refractivity contribution in [2.24, 2.45) is 11.5 Å². The van der Waals surface area contributed by atoms with Crippen molar-refractivity contribution < 1.29 is 72.5 Å². The van der Waals surface area contributed by atoms with E-state index in [4.69, 9.17) is 22.3 Å². The molecule has 0 aliphatic heterocycles. The minimum atomic E-state index is -0.0602. The SMILES string of the molecule is CC(C)=O.CC(C)=O.CCOC(C)=N.CN.C[NH-].N=C(N)n1cccn1.[CH3-].[CH3-].[V].[V].[W]. The molecule has 0 aromatic carbocycles. The van der Waals surface area contributed by atoms with Gasteiger partial charge in [0.05, 0.1) is 6.61 Å². The maximum Gasteiger partial charge on any atom is 0.213 e. The Morgan fingerprint density at radius 1 is 1.00 bits per heavy atom. The Kier molecular flexibility index (Phi) is 116. The zero-order valence-corrected chi connectivity index (χ0v) is 26.2. The fourth-order valence-electron chi connectivity index (χ4n) is 0.628. The second kappa shape index (κ2) is 56.9. The molecule has 0 fully saturated rings. The van der Waals surface area contributed by atoms with Crippen LogP contribution in [0.25, 0.3) is 5.73 Å². The molecule has 13 heteroatoms. The first kappa shape index (κ1) is 63.1. The van der Waals surface area contributed by atoms with Gasteiger partial charge in [-0.1, -0.05) is 0 Å². The largest absolute Gasteiger partial charge is 0.680 e. The third-order valence-electron chi connectivity index (χ3n) is 1.11. The molecule has 1 rings (SSSR count). The molecule has 1 heterocycles. The average molecular weight is 690 g/mol. The Balaban J connectivity index is -0.0000000220. The van der Waals surface area contributed by atoms with Gasteiger partial charge in [-0.2, -0.15) is 12.1 Å². The molecule has 0 aliphatic rings. The van der Waals surface area contributed by atoms with E-state index < -0.39 is 0 Å². The number of Topliss-reactive ketones (excluding diaryl/α,β-unsaturated/α-hetero) is 2. The molecule has 186 valence electrons. The van der Waals surface area contributed by atoms with Crippen LogP contribution in [0.1, 0.15) is 41.5 Å². The Morgan fingerprint density at radius 2 is 1.29 bits per heavy atom. The van der Waals surface area contributed by atoms with E-state index in [9.17, 15) is 9.59 Å². The minimum Gasteiger partial charge on any atom is -0.680 e. The van der Waals surface area contributed by atoms with Gasteiger partial charge in [0.2, 0.25) is 5.96 Å². The molecular weight excluding hydrogens is 648 g/mol. The van der Waals surface area contributed by atoms with E-state index in [2.05, 4.69) is 15.6 Å². The van der Waals surface area contributed by atoms with Gasteiger partial charge >= 0.3 is 0 Å². The summed E-state index contributed by atoms with van der Waals surface area (Å²) in [5.74, 6) is 0.563. The number of hydrogen-bond donors (Lipinski definition) is 4. The van der Waals surface area contributed by atoms with Crippen molar-refractivity contribution in [3.05, 3.63) is 39.0 Å². The van der Waals surface area contributed by atoms with Crippen LogP contribution < -0.4 is 11.5 Å². The first-order valence-electron chi connectivity index (χ1n) is 7.58. The van der Waals surface area contributed by atoms with Crippen molar-refractivity contribution in [3.63, 3.8) is 0 Å². The van der Waals surface area contributed by atoms with Crippen molar-refractivity contribution in [3.8, 4) is 0 Å². The van der Waals surface area contributed by atoms with Crippen molar-refractivity contribution in [2.45, 2.75) is 41.5 Å². The van der Waals surface area contributed by atoms with Gasteiger partial charge in [-0.25, -0.2) is 4.68 Å². The van der Waals surface area contributed by atoms with Gasteiger partial charge in [-0.15, -0.1) is 0 Å². The third-order valence-corrected chi connectivity index (χ3v) is 1.11. The van der Waals surface area contributed by atoms with Crippen LogP contribution in [0.4, 0.5) is 0 Å². The summed E-state index contributed by atoms with van der Waals surface area (Å²) >= 11 is 0. The van der Waals surface area contributed by atoms with Crippen molar-refractivity contribution in [2.75, 3.05) is 20.7 Å². The van der Waals surface area contributed by atoms with E-state index in [0.29, 0.717) is 6.61 Å². The van der Waals surface area contributed by atoms with Crippen LogP contribution in [-0.2, 0) is 72.5 Å². The van der Waals surface area contributed by atoms with Gasteiger partial charge in [0.25, 0.3) is 0 Å². The van der Waals surface area contributed by atoms with Crippen molar-refractivity contribution >= 4 is 23.4 Å². The summed E-state index contributed by atoms with van der Waals surface area (Å²) in [5.41, 5.74) is 15.3. The number of hydrogen-bond acceptors (Lipinski definition) is 7. The number of nitrogens with zero attached hydrogens (tertiary/aromatic N) is 2. The van der Waals surface area contributed by atoms with Gasteiger partial charge in [0.1, 0.15) is 11.6 Å². The summed E-state index contributed by atoms with van der Waals surface area (Å²) < 4.78 is 5.90. The summed E-state index contributed by atoms with van der Waals surface area (Å²) in [7, 11) is 2.75. The van der Waals surface area contributed by atoms with Crippen LogP contribution in [0.2, 0.25) is 0 Å². The van der Waals surface area contributed by atoms with E-state index in [1.807, 2.05) is 6.92 Å². The Labute approximate surface area is 228 Å². The second-order valence-corrected chi connectivity index (χ2v) is 4.14. The molecule has 2 radical (unpaired) electrons. The third kappa shape index (κ3) is 124. The zero-order chi connectivity index (χ0) is 22.1. The molecule has 0 amide bonds. The molecule has 0 aliphatic carbocycles. The van der Waals surface area contributed by atoms with Crippen molar-refractivity contribution in [1.82, 2.24) is 9.78 Å². The zero-order valence-electron chi connectivity index (χ0n) is 20.5. The molecule has 0 bridgehead atoms. The van der Waals surface area contributed by atoms with Gasteiger partial charge in [-0.3, -0.25) is 10.8 Å². The quantitative estimate of drug-likeness (QED) is 0.200. The monoisotopic (exact) mass is 690 g/mol. The number of carbonyl (C=O) groups is 2. The molecular formula is C18H42N7O3V2W-3. The Bertz CT molecular complexity index is 445. The number of aromatic nitrogens is 2. The van der Waals surface area contributed by atoms with Gasteiger partial charge in [0, 0.05) is 77.5 Å². The predicted octanol–water partition coefficient (Wildman–Crippen LogP) is 2.97. The van der Waals surface area contributed by atoms with Crippen LogP contribution in [0.15, 0.2) is 18.5 Å². The van der Waals surface area contributed by atoms with Gasteiger partial charge < -0.3 is 46.4 Å². The van der Waals surface area contributed by atoms with Crippen molar-refractivity contribution in [1.29, 1.82) is 10.8 Å². The Hall–Kier alpha value is -0.733. The predicted molar refractivity (Wildman–Crippen MR) is 120 cm³/mol.